The van der Waals surface area contributed by atoms with Crippen LogP contribution in [0.15, 0.2) is 0 Å². The Balaban J connectivity index is 2.45. The van der Waals surface area contributed by atoms with Gasteiger partial charge in [-0.3, -0.25) is 0 Å². The van der Waals surface area contributed by atoms with E-state index >= 15 is 0 Å². The average Bonchev–Trinajstić information content (AvgIpc) is 1.69. The average molecular weight is 150 g/mol. The van der Waals surface area contributed by atoms with Crippen molar-refractivity contribution in [2.75, 3.05) is 11.5 Å². The van der Waals surface area contributed by atoms with E-state index in [-0.39, 0.29) is 0 Å². The Hall–Kier alpha value is 0.917. The van der Waals surface area contributed by atoms with E-state index in [1.807, 2.05) is 22.4 Å². The van der Waals surface area contributed by atoms with Gasteiger partial charge in [0.25, 0.3) is 0 Å². The minimum absolute atomic E-state index is 1.07. The summed E-state index contributed by atoms with van der Waals surface area (Å²) in [6.07, 6.45) is 0. The van der Waals surface area contributed by atoms with Crippen LogP contribution in [0.4, 0.5) is 0 Å². The second-order valence-corrected chi connectivity index (χ2v) is 6.58. The van der Waals surface area contributed by atoms with E-state index in [4.69, 9.17) is 0 Å². The molecule has 7 heavy (non-hydrogen) atoms. The Morgan fingerprint density at radius 1 is 1.14 bits per heavy atom. The van der Waals surface area contributed by atoms with Crippen molar-refractivity contribution < 1.29 is 0 Å². The van der Waals surface area contributed by atoms with Crippen molar-refractivity contribution in [1.29, 1.82) is 0 Å². The van der Waals surface area contributed by atoms with Crippen LogP contribution in [0.2, 0.25) is 0 Å². The highest BCUT2D eigenvalue weighted by atomic mass is 32.6. The molecule has 0 aromatic heterocycles. The molecule has 0 nitrogen and oxygen atoms in total. The van der Waals surface area contributed by atoms with Crippen molar-refractivity contribution in [2.24, 2.45) is 0 Å². The molecule has 0 fully saturated rings. The molecule has 0 heterocycles. The molecule has 2 radical (unpaired) electrons. The van der Waals surface area contributed by atoms with Gasteiger partial charge in [0, 0.05) is 0 Å². The van der Waals surface area contributed by atoms with Gasteiger partial charge < -0.3 is 0 Å². The maximum absolute atomic E-state index is 2.20. The van der Waals surface area contributed by atoms with Crippen molar-refractivity contribution in [3.63, 3.8) is 0 Å². The Bertz CT molecular complexity index is 28.9. The molecule has 42 valence electrons. The molecule has 0 amide bonds. The number of hydrogen-bond donors (Lipinski definition) is 0. The minimum atomic E-state index is 1.07. The molecular weight excluding hydrogens is 140 g/mol. The van der Waals surface area contributed by atoms with E-state index in [0.717, 1.165) is 7.82 Å². The van der Waals surface area contributed by atoms with Crippen molar-refractivity contribution in [3.8, 4) is 0 Å². The summed E-state index contributed by atoms with van der Waals surface area (Å²) in [5.41, 5.74) is 0. The van der Waals surface area contributed by atoms with Crippen LogP contribution in [0, 0.1) is 0 Å². The van der Waals surface area contributed by atoms with Gasteiger partial charge in [-0.05, 0) is 11.5 Å². The molecule has 0 atom stereocenters. The van der Waals surface area contributed by atoms with Gasteiger partial charge in [-0.2, -0.15) is 22.4 Å². The molecular formula is C4H10S2Si. The third kappa shape index (κ3) is 6.92. The van der Waals surface area contributed by atoms with Crippen LogP contribution in [-0.4, -0.2) is 19.3 Å². The molecule has 0 N–H and O–H groups in total. The fourth-order valence-electron chi connectivity index (χ4n) is 0.160. The lowest BCUT2D eigenvalue weighted by molar-refractivity contribution is 1.54. The van der Waals surface area contributed by atoms with E-state index in [1.165, 1.54) is 11.5 Å². The first-order valence-corrected chi connectivity index (χ1v) is 6.82. The highest BCUT2D eigenvalue weighted by molar-refractivity contribution is 8.50. The smallest absolute Gasteiger partial charge is 0.175 e. The SMILES string of the molecule is CCS[Si]SCC. The normalized spacial score (nSPS) is 9.43. The molecule has 0 unspecified atom stereocenters. The number of hydrogen-bond acceptors (Lipinski definition) is 2. The zero-order valence-corrected chi connectivity index (χ0v) is 7.36. The largest absolute Gasteiger partial charge is 0.201 e. The highest BCUT2D eigenvalue weighted by Crippen LogP contribution is 2.05. The van der Waals surface area contributed by atoms with Gasteiger partial charge in [0.15, 0.2) is 0 Å². The molecule has 3 heteroatoms. The summed E-state index contributed by atoms with van der Waals surface area (Å²) in [7, 11) is 1.07. The zero-order valence-electron chi connectivity index (χ0n) is 4.73. The second kappa shape index (κ2) is 6.92. The monoisotopic (exact) mass is 150 g/mol. The van der Waals surface area contributed by atoms with Crippen molar-refractivity contribution >= 4 is 30.2 Å². The van der Waals surface area contributed by atoms with Gasteiger partial charge in [0.05, 0.1) is 0 Å². The van der Waals surface area contributed by atoms with Crippen molar-refractivity contribution in [3.05, 3.63) is 0 Å². The minimum Gasteiger partial charge on any atom is -0.175 e. The standard InChI is InChI=1S/C4H10S2Si/c1-3-5-7-6-4-2/h3-4H2,1-2H3. The summed E-state index contributed by atoms with van der Waals surface area (Å²) in [4.78, 5) is 0. The van der Waals surface area contributed by atoms with E-state index in [0.29, 0.717) is 0 Å². The van der Waals surface area contributed by atoms with Crippen LogP contribution in [0.1, 0.15) is 13.8 Å². The van der Waals surface area contributed by atoms with Crippen LogP contribution < -0.4 is 0 Å². The fraction of sp³-hybridized carbons (Fsp3) is 1.00. The van der Waals surface area contributed by atoms with Crippen LogP contribution in [0.25, 0.3) is 0 Å². The van der Waals surface area contributed by atoms with E-state index in [9.17, 15) is 0 Å². The summed E-state index contributed by atoms with van der Waals surface area (Å²) in [6, 6.07) is 0. The highest BCUT2D eigenvalue weighted by Gasteiger charge is 1.83. The quantitative estimate of drug-likeness (QED) is 0.444. The molecule has 0 bridgehead atoms. The van der Waals surface area contributed by atoms with Crippen molar-refractivity contribution in [1.82, 2.24) is 0 Å². The molecule has 0 aliphatic carbocycles. The van der Waals surface area contributed by atoms with Gasteiger partial charge in [0.1, 0.15) is 0 Å². The molecule has 0 aliphatic heterocycles. The van der Waals surface area contributed by atoms with Crippen LogP contribution in [0.3, 0.4) is 0 Å². The summed E-state index contributed by atoms with van der Waals surface area (Å²) < 4.78 is 0. The summed E-state index contributed by atoms with van der Waals surface area (Å²) in [5.74, 6) is 2.54. The lowest BCUT2D eigenvalue weighted by atomic mass is 11.0. The predicted molar refractivity (Wildman–Crippen MR) is 42.0 cm³/mol. The van der Waals surface area contributed by atoms with Gasteiger partial charge in [-0.15, -0.1) is 0 Å². The molecule has 0 rings (SSSR count). The molecule has 0 aromatic rings. The van der Waals surface area contributed by atoms with Gasteiger partial charge >= 0.3 is 0 Å². The predicted octanol–water partition coefficient (Wildman–Crippen LogP) is 2.03. The van der Waals surface area contributed by atoms with Crippen LogP contribution in [-0.2, 0) is 0 Å². The van der Waals surface area contributed by atoms with Gasteiger partial charge in [-0.1, -0.05) is 13.8 Å². The summed E-state index contributed by atoms with van der Waals surface area (Å²) >= 11 is 4.05. The van der Waals surface area contributed by atoms with Gasteiger partial charge in [-0.25, -0.2) is 0 Å². The first-order chi connectivity index (χ1) is 3.41. The molecule has 0 saturated heterocycles. The summed E-state index contributed by atoms with van der Waals surface area (Å²) in [6.45, 7) is 4.40. The maximum atomic E-state index is 2.20. The Kier molecular flexibility index (Phi) is 7.82. The van der Waals surface area contributed by atoms with Gasteiger partial charge in [0.2, 0.25) is 7.82 Å². The second-order valence-electron chi connectivity index (χ2n) is 0.949. The van der Waals surface area contributed by atoms with E-state index in [1.54, 1.807) is 0 Å². The molecule has 0 spiro atoms. The van der Waals surface area contributed by atoms with E-state index < -0.39 is 0 Å². The van der Waals surface area contributed by atoms with Crippen LogP contribution >= 0.6 is 22.4 Å². The first kappa shape index (κ1) is 7.92. The Labute approximate surface area is 55.9 Å². The topological polar surface area (TPSA) is 0 Å². The lowest BCUT2D eigenvalue weighted by Gasteiger charge is -1.89. The molecule has 0 aliphatic rings. The Morgan fingerprint density at radius 2 is 1.57 bits per heavy atom. The fourth-order valence-corrected chi connectivity index (χ4v) is 4.31. The molecule has 0 saturated carbocycles. The van der Waals surface area contributed by atoms with E-state index in [2.05, 4.69) is 13.8 Å². The van der Waals surface area contributed by atoms with Crippen LogP contribution in [0.5, 0.6) is 0 Å². The summed E-state index contributed by atoms with van der Waals surface area (Å²) in [5, 5.41) is 0. The maximum Gasteiger partial charge on any atom is 0.201 e. The third-order valence-corrected chi connectivity index (χ3v) is 5.78. The zero-order chi connectivity index (χ0) is 5.54. The Morgan fingerprint density at radius 3 is 1.86 bits per heavy atom. The number of rotatable bonds is 4. The third-order valence-electron chi connectivity index (χ3n) is 0.407. The first-order valence-electron chi connectivity index (χ1n) is 2.40. The molecule has 0 aromatic carbocycles. The van der Waals surface area contributed by atoms with Crippen molar-refractivity contribution in [2.45, 2.75) is 13.8 Å². The lowest BCUT2D eigenvalue weighted by Crippen LogP contribution is -1.76.